The summed E-state index contributed by atoms with van der Waals surface area (Å²) in [6, 6.07) is 12.4. The second-order valence-electron chi connectivity index (χ2n) is 5.95. The van der Waals surface area contributed by atoms with Crippen LogP contribution in [0.5, 0.6) is 5.75 Å². The van der Waals surface area contributed by atoms with Crippen molar-refractivity contribution in [1.29, 1.82) is 0 Å². The topological polar surface area (TPSA) is 75.6 Å². The molecule has 0 spiro atoms. The first-order valence-corrected chi connectivity index (χ1v) is 8.86. The number of carbonyl (C=O) groups is 2. The van der Waals surface area contributed by atoms with Crippen LogP contribution in [0.3, 0.4) is 0 Å². The van der Waals surface area contributed by atoms with Gasteiger partial charge in [-0.2, -0.15) is 0 Å². The van der Waals surface area contributed by atoms with Crippen LogP contribution in [0.2, 0.25) is 0 Å². The number of aromatic hydroxyl groups is 1. The normalized spacial score (nSPS) is 16.0. The maximum atomic E-state index is 12.1. The summed E-state index contributed by atoms with van der Waals surface area (Å²) in [6.07, 6.45) is 2.89. The summed E-state index contributed by atoms with van der Waals surface area (Å²) < 4.78 is 5.66. The van der Waals surface area contributed by atoms with Crippen molar-refractivity contribution < 1.29 is 19.4 Å². The van der Waals surface area contributed by atoms with E-state index < -0.39 is 5.97 Å². The predicted octanol–water partition coefficient (Wildman–Crippen LogP) is 3.51. The van der Waals surface area contributed by atoms with Crippen molar-refractivity contribution in [3.8, 4) is 5.75 Å². The van der Waals surface area contributed by atoms with Crippen LogP contribution in [0.25, 0.3) is 0 Å². The van der Waals surface area contributed by atoms with E-state index in [1.807, 2.05) is 18.2 Å². The number of rotatable bonds is 4. The SMILES string of the molecule is O=C(COC(=O)c1cc(Br)ccc1O)N[C@@H]1CCCc2ccccc21. The second-order valence-corrected chi connectivity index (χ2v) is 6.86. The van der Waals surface area contributed by atoms with Gasteiger partial charge in [0.05, 0.1) is 6.04 Å². The fourth-order valence-corrected chi connectivity index (χ4v) is 3.38. The first kappa shape index (κ1) is 17.5. The molecule has 2 N–H and O–H groups in total. The minimum Gasteiger partial charge on any atom is -0.507 e. The molecule has 5 nitrogen and oxygen atoms in total. The second kappa shape index (κ2) is 7.70. The largest absolute Gasteiger partial charge is 0.507 e. The number of hydrogen-bond acceptors (Lipinski definition) is 4. The van der Waals surface area contributed by atoms with E-state index >= 15 is 0 Å². The molecule has 3 rings (SSSR count). The molecule has 0 bridgehead atoms. The Bertz CT molecular complexity index is 806. The lowest BCUT2D eigenvalue weighted by Crippen LogP contribution is -2.34. The average Bonchev–Trinajstić information content (AvgIpc) is 2.62. The number of carbonyl (C=O) groups excluding carboxylic acids is 2. The summed E-state index contributed by atoms with van der Waals surface area (Å²) in [7, 11) is 0. The first-order valence-electron chi connectivity index (χ1n) is 8.07. The van der Waals surface area contributed by atoms with Crippen molar-refractivity contribution in [3.63, 3.8) is 0 Å². The maximum absolute atomic E-state index is 12.1. The zero-order valence-electron chi connectivity index (χ0n) is 13.5. The number of phenolic OH excluding ortho intramolecular Hbond substituents is 1. The monoisotopic (exact) mass is 403 g/mol. The number of nitrogens with one attached hydrogen (secondary N) is 1. The van der Waals surface area contributed by atoms with Crippen LogP contribution in [-0.2, 0) is 16.0 Å². The van der Waals surface area contributed by atoms with Crippen LogP contribution in [0.15, 0.2) is 46.9 Å². The van der Waals surface area contributed by atoms with Crippen LogP contribution < -0.4 is 5.32 Å². The molecular formula is C19H18BrNO4. The molecule has 6 heteroatoms. The van der Waals surface area contributed by atoms with Crippen molar-refractivity contribution >= 4 is 27.8 Å². The van der Waals surface area contributed by atoms with E-state index in [9.17, 15) is 14.7 Å². The molecule has 0 fully saturated rings. The molecule has 0 saturated carbocycles. The lowest BCUT2D eigenvalue weighted by atomic mass is 9.88. The molecule has 0 aromatic heterocycles. The third kappa shape index (κ3) is 4.20. The minimum absolute atomic E-state index is 0.0187. The number of fused-ring (bicyclic) bond motifs is 1. The number of benzene rings is 2. The highest BCUT2D eigenvalue weighted by atomic mass is 79.9. The van der Waals surface area contributed by atoms with Gasteiger partial charge in [-0.15, -0.1) is 0 Å². The van der Waals surface area contributed by atoms with E-state index in [2.05, 4.69) is 27.3 Å². The van der Waals surface area contributed by atoms with Crippen LogP contribution in [-0.4, -0.2) is 23.6 Å². The van der Waals surface area contributed by atoms with Gasteiger partial charge in [-0.05, 0) is 48.6 Å². The number of hydrogen-bond donors (Lipinski definition) is 2. The number of amides is 1. The van der Waals surface area contributed by atoms with Crippen molar-refractivity contribution in [3.05, 3.63) is 63.6 Å². The lowest BCUT2D eigenvalue weighted by molar-refractivity contribution is -0.125. The van der Waals surface area contributed by atoms with Gasteiger partial charge in [0.25, 0.3) is 5.91 Å². The molecule has 1 aliphatic carbocycles. The summed E-state index contributed by atoms with van der Waals surface area (Å²) in [5.74, 6) is -1.28. The van der Waals surface area contributed by atoms with Crippen molar-refractivity contribution in [1.82, 2.24) is 5.32 Å². The third-order valence-corrected chi connectivity index (χ3v) is 4.71. The lowest BCUT2D eigenvalue weighted by Gasteiger charge is -2.26. The maximum Gasteiger partial charge on any atom is 0.342 e. The van der Waals surface area contributed by atoms with Gasteiger partial charge in [0.2, 0.25) is 0 Å². The third-order valence-electron chi connectivity index (χ3n) is 4.22. The van der Waals surface area contributed by atoms with Gasteiger partial charge in [-0.1, -0.05) is 40.2 Å². The Morgan fingerprint density at radius 1 is 1.24 bits per heavy atom. The molecule has 0 unspecified atom stereocenters. The van der Waals surface area contributed by atoms with Crippen molar-refractivity contribution in [2.75, 3.05) is 6.61 Å². The summed E-state index contributed by atoms with van der Waals surface area (Å²) in [6.45, 7) is -0.385. The highest BCUT2D eigenvalue weighted by molar-refractivity contribution is 9.10. The van der Waals surface area contributed by atoms with Crippen LogP contribution in [0.1, 0.15) is 40.4 Å². The Hall–Kier alpha value is -2.34. The Morgan fingerprint density at radius 3 is 2.88 bits per heavy atom. The van der Waals surface area contributed by atoms with E-state index in [4.69, 9.17) is 4.74 Å². The van der Waals surface area contributed by atoms with E-state index in [0.717, 1.165) is 24.8 Å². The van der Waals surface area contributed by atoms with Gasteiger partial charge >= 0.3 is 5.97 Å². The Labute approximate surface area is 154 Å². The smallest absolute Gasteiger partial charge is 0.342 e. The molecule has 0 aliphatic heterocycles. The summed E-state index contributed by atoms with van der Waals surface area (Å²) in [4.78, 5) is 24.2. The van der Waals surface area contributed by atoms with Gasteiger partial charge in [-0.25, -0.2) is 4.79 Å². The average molecular weight is 404 g/mol. The van der Waals surface area contributed by atoms with Crippen molar-refractivity contribution in [2.45, 2.75) is 25.3 Å². The molecule has 1 amide bonds. The summed E-state index contributed by atoms with van der Waals surface area (Å²) in [5.41, 5.74) is 2.39. The molecule has 1 aliphatic rings. The Balaban J connectivity index is 1.59. The van der Waals surface area contributed by atoms with Gasteiger partial charge in [0.15, 0.2) is 6.61 Å². The molecular weight excluding hydrogens is 386 g/mol. The molecule has 2 aromatic rings. The molecule has 0 heterocycles. The minimum atomic E-state index is -0.738. The van der Waals surface area contributed by atoms with Crippen LogP contribution >= 0.6 is 15.9 Å². The number of aryl methyl sites for hydroxylation is 1. The van der Waals surface area contributed by atoms with E-state index in [0.29, 0.717) is 4.47 Å². The zero-order valence-corrected chi connectivity index (χ0v) is 15.1. The standard InChI is InChI=1S/C19H18BrNO4/c20-13-8-9-17(22)15(10-13)19(24)25-11-18(23)21-16-7-3-5-12-4-1-2-6-14(12)16/h1-2,4,6,8-10,16,22H,3,5,7,11H2,(H,21,23)/t16-/m1/s1. The van der Waals surface area contributed by atoms with Gasteiger partial charge in [-0.3, -0.25) is 4.79 Å². The molecule has 0 radical (unpaired) electrons. The fourth-order valence-electron chi connectivity index (χ4n) is 3.02. The Morgan fingerprint density at radius 2 is 2.04 bits per heavy atom. The quantitative estimate of drug-likeness (QED) is 0.765. The summed E-state index contributed by atoms with van der Waals surface area (Å²) >= 11 is 3.23. The van der Waals surface area contributed by atoms with E-state index in [-0.39, 0.29) is 29.9 Å². The highest BCUT2D eigenvalue weighted by Gasteiger charge is 2.22. The van der Waals surface area contributed by atoms with E-state index in [1.165, 1.54) is 17.7 Å². The number of phenols is 1. The Kier molecular flexibility index (Phi) is 5.38. The first-order chi connectivity index (χ1) is 12.0. The zero-order chi connectivity index (χ0) is 17.8. The van der Waals surface area contributed by atoms with E-state index in [1.54, 1.807) is 6.07 Å². The predicted molar refractivity (Wildman–Crippen MR) is 96.4 cm³/mol. The van der Waals surface area contributed by atoms with Crippen molar-refractivity contribution in [2.24, 2.45) is 0 Å². The van der Waals surface area contributed by atoms with Crippen LogP contribution in [0, 0.1) is 0 Å². The van der Waals surface area contributed by atoms with Gasteiger partial charge < -0.3 is 15.2 Å². The van der Waals surface area contributed by atoms with Gasteiger partial charge in [0, 0.05) is 4.47 Å². The fraction of sp³-hybridized carbons (Fsp3) is 0.263. The molecule has 25 heavy (non-hydrogen) atoms. The molecule has 130 valence electrons. The molecule has 2 aromatic carbocycles. The number of halogens is 1. The summed E-state index contributed by atoms with van der Waals surface area (Å²) in [5, 5.41) is 12.6. The highest BCUT2D eigenvalue weighted by Crippen LogP contribution is 2.29. The molecule has 0 saturated heterocycles. The number of esters is 1. The van der Waals surface area contributed by atoms with Crippen LogP contribution in [0.4, 0.5) is 0 Å². The molecule has 1 atom stereocenters. The number of ether oxygens (including phenoxy) is 1. The van der Waals surface area contributed by atoms with Gasteiger partial charge in [0.1, 0.15) is 11.3 Å².